The van der Waals surface area contributed by atoms with Crippen LogP contribution in [-0.2, 0) is 20.9 Å². The van der Waals surface area contributed by atoms with Gasteiger partial charge in [-0.2, -0.15) is 26.3 Å². The number of benzene rings is 1. The highest BCUT2D eigenvalue weighted by Crippen LogP contribution is 2.33. The molecule has 0 amide bonds. The molecule has 1 N–H and O–H groups in total. The number of carbonyl (C=O) groups is 2. The molecule has 2 atom stereocenters. The predicted molar refractivity (Wildman–Crippen MR) is 81.4 cm³/mol. The van der Waals surface area contributed by atoms with Crippen molar-refractivity contribution in [2.75, 3.05) is 0 Å². The number of aliphatic carboxylic acids is 1. The molecule has 0 saturated carbocycles. The zero-order chi connectivity index (χ0) is 20.7. The number of hydrogen-bond acceptors (Lipinski definition) is 3. The van der Waals surface area contributed by atoms with Crippen molar-refractivity contribution in [1.29, 1.82) is 0 Å². The molecule has 0 radical (unpaired) electrons. The number of alkyl halides is 6. The molecule has 0 saturated heterocycles. The van der Waals surface area contributed by atoms with Gasteiger partial charge in [0.15, 0.2) is 0 Å². The molecule has 1 rings (SSSR count). The fourth-order valence-electron chi connectivity index (χ4n) is 2.45. The van der Waals surface area contributed by atoms with Crippen molar-refractivity contribution in [3.63, 3.8) is 0 Å². The van der Waals surface area contributed by atoms with Crippen LogP contribution in [0.2, 0.25) is 0 Å². The summed E-state index contributed by atoms with van der Waals surface area (Å²) in [4.78, 5) is 23.5. The van der Waals surface area contributed by atoms with Crippen LogP contribution in [0.4, 0.5) is 26.3 Å². The van der Waals surface area contributed by atoms with E-state index in [1.807, 2.05) is 0 Å². The van der Waals surface area contributed by atoms with Gasteiger partial charge in [-0.15, -0.1) is 0 Å². The summed E-state index contributed by atoms with van der Waals surface area (Å²) < 4.78 is 79.5. The number of rotatable bonds is 9. The summed E-state index contributed by atoms with van der Waals surface area (Å²) in [6.07, 6.45) is -14.4. The lowest BCUT2D eigenvalue weighted by molar-refractivity contribution is -0.168. The second-order valence-corrected chi connectivity index (χ2v) is 5.95. The Labute approximate surface area is 151 Å². The van der Waals surface area contributed by atoms with Crippen LogP contribution in [0.15, 0.2) is 30.3 Å². The van der Waals surface area contributed by atoms with Gasteiger partial charge in [0, 0.05) is 12.8 Å². The van der Waals surface area contributed by atoms with Crippen LogP contribution < -0.4 is 0 Å². The Hall–Kier alpha value is -2.26. The Balaban J connectivity index is 2.90. The smallest absolute Gasteiger partial charge is 0.389 e. The van der Waals surface area contributed by atoms with Gasteiger partial charge < -0.3 is 9.84 Å². The quantitative estimate of drug-likeness (QED) is 0.481. The standard InChI is InChI=1S/C17H18F6O4/c18-16(19,20)8-6-12(14(24)25)13(7-9-17(21,22)23)15(26)27-10-11-4-2-1-3-5-11/h1-5,12-13H,6-10H2,(H,24,25)/t12-,13+/m0/s1. The van der Waals surface area contributed by atoms with Crippen LogP contribution in [0, 0.1) is 11.8 Å². The van der Waals surface area contributed by atoms with Crippen molar-refractivity contribution < 1.29 is 45.8 Å². The first-order valence-electron chi connectivity index (χ1n) is 7.96. The third-order valence-corrected chi connectivity index (χ3v) is 3.81. The third-order valence-electron chi connectivity index (χ3n) is 3.81. The molecule has 0 aliphatic carbocycles. The number of ether oxygens (including phenoxy) is 1. The summed E-state index contributed by atoms with van der Waals surface area (Å²) in [5.74, 6) is -6.81. The molecule has 1 aromatic rings. The summed E-state index contributed by atoms with van der Waals surface area (Å²) >= 11 is 0. The topological polar surface area (TPSA) is 63.6 Å². The maximum Gasteiger partial charge on any atom is 0.389 e. The lowest BCUT2D eigenvalue weighted by Gasteiger charge is -2.23. The highest BCUT2D eigenvalue weighted by atomic mass is 19.4. The first kappa shape index (κ1) is 22.8. The Kier molecular flexibility index (Phi) is 8.11. The van der Waals surface area contributed by atoms with Gasteiger partial charge in [-0.1, -0.05) is 30.3 Å². The molecule has 0 heterocycles. The van der Waals surface area contributed by atoms with Crippen molar-refractivity contribution >= 4 is 11.9 Å². The van der Waals surface area contributed by atoms with Gasteiger partial charge in [0.2, 0.25) is 0 Å². The Morgan fingerprint density at radius 3 is 1.81 bits per heavy atom. The van der Waals surface area contributed by atoms with E-state index in [0.29, 0.717) is 5.56 Å². The second kappa shape index (κ2) is 9.61. The van der Waals surface area contributed by atoms with E-state index in [1.54, 1.807) is 30.3 Å². The summed E-state index contributed by atoms with van der Waals surface area (Å²) in [6, 6.07) is 8.04. The molecule has 0 spiro atoms. The Morgan fingerprint density at radius 2 is 1.37 bits per heavy atom. The van der Waals surface area contributed by atoms with Crippen LogP contribution in [0.5, 0.6) is 0 Å². The molecule has 0 aliphatic rings. The van der Waals surface area contributed by atoms with E-state index < -0.39 is 61.8 Å². The van der Waals surface area contributed by atoms with Crippen LogP contribution >= 0.6 is 0 Å². The van der Waals surface area contributed by atoms with Gasteiger partial charge in [0.05, 0.1) is 11.8 Å². The number of esters is 1. The average Bonchev–Trinajstić information content (AvgIpc) is 2.54. The first-order chi connectivity index (χ1) is 12.4. The van der Waals surface area contributed by atoms with E-state index in [0.717, 1.165) is 0 Å². The van der Waals surface area contributed by atoms with Crippen molar-refractivity contribution in [3.05, 3.63) is 35.9 Å². The number of carboxylic acids is 1. The van der Waals surface area contributed by atoms with Crippen molar-refractivity contribution in [1.82, 2.24) is 0 Å². The highest BCUT2D eigenvalue weighted by molar-refractivity contribution is 5.81. The maximum atomic E-state index is 12.5. The number of hydrogen-bond donors (Lipinski definition) is 1. The average molecular weight is 400 g/mol. The molecule has 1 aromatic carbocycles. The zero-order valence-electron chi connectivity index (χ0n) is 14.0. The molecule has 4 nitrogen and oxygen atoms in total. The molecular weight excluding hydrogens is 382 g/mol. The van der Waals surface area contributed by atoms with E-state index in [1.165, 1.54) is 0 Å². The third kappa shape index (κ3) is 9.30. The van der Waals surface area contributed by atoms with Crippen LogP contribution in [-0.4, -0.2) is 29.4 Å². The summed E-state index contributed by atoms with van der Waals surface area (Å²) in [6.45, 7) is -0.326. The highest BCUT2D eigenvalue weighted by Gasteiger charge is 2.40. The summed E-state index contributed by atoms with van der Waals surface area (Å²) in [5.41, 5.74) is 0.502. The minimum Gasteiger partial charge on any atom is -0.481 e. The number of halogens is 6. The van der Waals surface area contributed by atoms with Crippen molar-refractivity contribution in [3.8, 4) is 0 Å². The Bertz CT molecular complexity index is 612. The SMILES string of the molecule is O=C(O)[C@@H](CCC(F)(F)F)[C@@H](CCC(F)(F)F)C(=O)OCc1ccccc1. The van der Waals surface area contributed by atoms with Crippen LogP contribution in [0.25, 0.3) is 0 Å². The zero-order valence-corrected chi connectivity index (χ0v) is 14.0. The molecule has 0 aliphatic heterocycles. The van der Waals surface area contributed by atoms with E-state index >= 15 is 0 Å². The van der Waals surface area contributed by atoms with Gasteiger partial charge >= 0.3 is 24.3 Å². The molecule has 0 aromatic heterocycles. The summed E-state index contributed by atoms with van der Waals surface area (Å²) in [7, 11) is 0. The first-order valence-corrected chi connectivity index (χ1v) is 7.96. The van der Waals surface area contributed by atoms with Gasteiger partial charge in [0.25, 0.3) is 0 Å². The molecular formula is C17H18F6O4. The molecule has 0 unspecified atom stereocenters. The molecule has 152 valence electrons. The van der Waals surface area contributed by atoms with Crippen LogP contribution in [0.1, 0.15) is 31.2 Å². The fraction of sp³-hybridized carbons (Fsp3) is 0.529. The molecule has 10 heteroatoms. The lowest BCUT2D eigenvalue weighted by Crippen LogP contribution is -2.33. The van der Waals surface area contributed by atoms with Crippen molar-refractivity contribution in [2.24, 2.45) is 11.8 Å². The minimum atomic E-state index is -4.70. The van der Waals surface area contributed by atoms with E-state index in [2.05, 4.69) is 0 Å². The van der Waals surface area contributed by atoms with E-state index in [-0.39, 0.29) is 6.61 Å². The van der Waals surface area contributed by atoms with E-state index in [9.17, 15) is 35.9 Å². The van der Waals surface area contributed by atoms with Gasteiger partial charge in [-0.05, 0) is 18.4 Å². The Morgan fingerprint density at radius 1 is 0.889 bits per heavy atom. The van der Waals surface area contributed by atoms with Gasteiger partial charge in [-0.25, -0.2) is 0 Å². The lowest BCUT2D eigenvalue weighted by atomic mass is 9.84. The normalized spacial score (nSPS) is 14.4. The van der Waals surface area contributed by atoms with E-state index in [4.69, 9.17) is 9.84 Å². The molecule has 27 heavy (non-hydrogen) atoms. The van der Waals surface area contributed by atoms with Gasteiger partial charge in [0.1, 0.15) is 6.61 Å². The number of carboxylic acid groups (broad SMARTS) is 1. The van der Waals surface area contributed by atoms with Gasteiger partial charge in [-0.3, -0.25) is 9.59 Å². The molecule has 0 fully saturated rings. The summed E-state index contributed by atoms with van der Waals surface area (Å²) in [5, 5.41) is 9.15. The van der Waals surface area contributed by atoms with Crippen molar-refractivity contribution in [2.45, 2.75) is 44.6 Å². The predicted octanol–water partition coefficient (Wildman–Crippen LogP) is 4.73. The second-order valence-electron chi connectivity index (χ2n) is 5.95. The minimum absolute atomic E-state index is 0.326. The fourth-order valence-corrected chi connectivity index (χ4v) is 2.45. The largest absolute Gasteiger partial charge is 0.481 e. The van der Waals surface area contributed by atoms with Crippen LogP contribution in [0.3, 0.4) is 0 Å². The monoisotopic (exact) mass is 400 g/mol. The maximum absolute atomic E-state index is 12.5. The molecule has 0 bridgehead atoms. The number of carbonyl (C=O) groups excluding carboxylic acids is 1.